The molecule has 26 heteroatoms. The Labute approximate surface area is 357 Å². The van der Waals surface area contributed by atoms with E-state index in [4.69, 9.17) is 9.47 Å². The lowest BCUT2D eigenvalue weighted by atomic mass is 10.1. The summed E-state index contributed by atoms with van der Waals surface area (Å²) < 4.78 is 242. The number of hydrogen-bond acceptors (Lipinski definition) is 9. The molecule has 0 radical (unpaired) electrons. The fourth-order valence-electron chi connectivity index (χ4n) is 7.33. The minimum atomic E-state index is -2.53. The summed E-state index contributed by atoms with van der Waals surface area (Å²) in [6.07, 6.45) is 0. The zero-order valence-electron chi connectivity index (χ0n) is 32.1. The molecule has 0 amide bonds. The van der Waals surface area contributed by atoms with Gasteiger partial charge in [-0.3, -0.25) is 0 Å². The number of hydrogen-bond donors (Lipinski definition) is 2. The highest BCUT2D eigenvalue weighted by Crippen LogP contribution is 2.48. The lowest BCUT2D eigenvalue weighted by Crippen LogP contribution is -2.04. The van der Waals surface area contributed by atoms with Crippen molar-refractivity contribution >= 4 is 50.1 Å². The van der Waals surface area contributed by atoms with Gasteiger partial charge < -0.3 is 19.4 Å². The van der Waals surface area contributed by atoms with Crippen LogP contribution >= 0.6 is 0 Å². The van der Waals surface area contributed by atoms with Crippen molar-refractivity contribution in [2.45, 2.75) is 6.92 Å². The molecular formula is C41H11F15N8O3. The smallest absolute Gasteiger partial charge is 0.338 e. The molecule has 0 saturated carbocycles. The van der Waals surface area contributed by atoms with Gasteiger partial charge in [0.2, 0.25) is 5.82 Å². The number of benzene rings is 5. The number of esters is 1. The Hall–Kier alpha value is -8.32. The van der Waals surface area contributed by atoms with Crippen LogP contribution in [0.15, 0.2) is 24.3 Å². The van der Waals surface area contributed by atoms with Gasteiger partial charge in [-0.1, -0.05) is 0 Å². The molecule has 5 heterocycles. The van der Waals surface area contributed by atoms with Gasteiger partial charge in [-0.05, 0) is 31.2 Å². The third-order valence-electron chi connectivity index (χ3n) is 10.3. The van der Waals surface area contributed by atoms with E-state index in [1.165, 1.54) is 6.92 Å². The molecule has 0 aliphatic carbocycles. The van der Waals surface area contributed by atoms with E-state index in [0.29, 0.717) is 0 Å². The Kier molecular flexibility index (Phi) is 9.45. The van der Waals surface area contributed by atoms with Crippen LogP contribution in [0.25, 0.3) is 89.7 Å². The first-order valence-corrected chi connectivity index (χ1v) is 18.4. The second-order valence-electron chi connectivity index (χ2n) is 14.0. The zero-order valence-corrected chi connectivity index (χ0v) is 32.1. The molecule has 0 spiro atoms. The summed E-state index contributed by atoms with van der Waals surface area (Å²) in [7, 11) is 0. The van der Waals surface area contributed by atoms with Crippen LogP contribution in [0.2, 0.25) is 0 Å². The molecule has 5 aromatic carbocycles. The minimum Gasteiger partial charge on any atom is -0.462 e. The molecule has 11 nitrogen and oxygen atoms in total. The first-order chi connectivity index (χ1) is 31.8. The number of halogens is 15. The van der Waals surface area contributed by atoms with Crippen LogP contribution in [0.1, 0.15) is 17.3 Å². The summed E-state index contributed by atoms with van der Waals surface area (Å²) in [5.41, 5.74) is -10.5. The maximum Gasteiger partial charge on any atom is 0.338 e. The van der Waals surface area contributed by atoms with Crippen molar-refractivity contribution < 1.29 is 80.1 Å². The van der Waals surface area contributed by atoms with Gasteiger partial charge in [0.1, 0.15) is 28.3 Å². The highest BCUT2D eigenvalue weighted by molar-refractivity contribution is 6.07. The number of nitrogens with one attached hydrogen (secondary N) is 2. The van der Waals surface area contributed by atoms with Crippen LogP contribution < -0.4 is 4.74 Å². The summed E-state index contributed by atoms with van der Waals surface area (Å²) in [4.78, 5) is 39.0. The van der Waals surface area contributed by atoms with Gasteiger partial charge in [-0.2, -0.15) is 4.39 Å². The molecule has 2 aliphatic rings. The van der Waals surface area contributed by atoms with E-state index in [9.17, 15) is 31.1 Å². The van der Waals surface area contributed by atoms with E-state index in [1.807, 2.05) is 0 Å². The van der Waals surface area contributed by atoms with Gasteiger partial charge in [0.25, 0.3) is 0 Å². The van der Waals surface area contributed by atoms with Crippen LogP contribution in [-0.2, 0) is 4.74 Å². The molecule has 0 atom stereocenters. The molecule has 2 N–H and O–H groups in total. The molecule has 0 unspecified atom stereocenters. The number of aromatic nitrogens is 8. The van der Waals surface area contributed by atoms with Gasteiger partial charge in [-0.15, -0.1) is 0 Å². The van der Waals surface area contributed by atoms with Crippen molar-refractivity contribution in [1.82, 2.24) is 39.9 Å². The SMILES string of the molecule is CCOC(=O)c1ccc(Oc2c(F)c(F)c(F)c3c2-c2nc-3nc3[nH]c(nc4nc(nc5[nH]c(n2)c2c(F)c(F)c(F)c(F)c52)-c2c(F)c(F)c(F)c(F)c2-4)c2c(F)c(F)c(F)c(F)c32)cc1. The number of carbonyl (C=O) groups excluding carboxylic acids is 1. The monoisotopic (exact) mass is 948 g/mol. The molecule has 10 rings (SSSR count). The van der Waals surface area contributed by atoms with Crippen molar-refractivity contribution in [3.05, 3.63) is 117 Å². The number of nitrogens with zero attached hydrogens (tertiary/aromatic N) is 6. The molecule has 8 aromatic rings. The first kappa shape index (κ1) is 42.6. The average Bonchev–Trinajstić information content (AvgIpc) is 4.06. The Balaban J connectivity index is 1.42. The standard InChI is InChI=1S/C41H11F15N8O3/c1-2-66-41(65)7-3-5-8(6-4-7)67-32-16-15(23(48)30(55)31(32)56)39-62-37-12-11(19(44)26(51)27(52)20(12)45)35(60-37)58-33-9-10(18(43)25(50)24(49)17(9)42)34(57-33)59-36-13-14(38(61-36)63-40(16)64-39)22(47)29(54)28(53)21(13)46/h3-6H,2H2,1H3,(H2,57,58,59,60,61,62,63,64). The molecule has 2 aliphatic heterocycles. The minimum absolute atomic E-state index is 0.0493. The first-order valence-electron chi connectivity index (χ1n) is 18.4. The quantitative estimate of drug-likeness (QED) is 0.0762. The largest absolute Gasteiger partial charge is 0.462 e. The van der Waals surface area contributed by atoms with Crippen LogP contribution in [0, 0.1) is 87.3 Å². The Bertz CT molecular complexity index is 3770. The molecule has 338 valence electrons. The van der Waals surface area contributed by atoms with E-state index in [0.717, 1.165) is 24.3 Å². The van der Waals surface area contributed by atoms with Crippen LogP contribution in [0.5, 0.6) is 11.5 Å². The molecule has 8 bridgehead atoms. The van der Waals surface area contributed by atoms with Crippen molar-refractivity contribution in [1.29, 1.82) is 0 Å². The highest BCUT2D eigenvalue weighted by Gasteiger charge is 2.38. The van der Waals surface area contributed by atoms with E-state index in [2.05, 4.69) is 39.9 Å². The molecule has 0 saturated heterocycles. The number of H-pyrrole nitrogens is 2. The summed E-state index contributed by atoms with van der Waals surface area (Å²) in [6.45, 7) is 1.45. The zero-order chi connectivity index (χ0) is 47.8. The maximum atomic E-state index is 16.2. The number of aromatic amines is 2. The van der Waals surface area contributed by atoms with Crippen molar-refractivity contribution in [2.24, 2.45) is 0 Å². The Morgan fingerprint density at radius 3 is 1.09 bits per heavy atom. The van der Waals surface area contributed by atoms with Gasteiger partial charge in [-0.25, -0.2) is 96.2 Å². The number of rotatable bonds is 4. The summed E-state index contributed by atoms with van der Waals surface area (Å²) in [5, 5.41) is -5.74. The predicted molar refractivity (Wildman–Crippen MR) is 198 cm³/mol. The van der Waals surface area contributed by atoms with Crippen LogP contribution in [0.4, 0.5) is 65.9 Å². The van der Waals surface area contributed by atoms with Gasteiger partial charge in [0.15, 0.2) is 110 Å². The average molecular weight is 949 g/mol. The van der Waals surface area contributed by atoms with E-state index < -0.39 is 194 Å². The highest BCUT2D eigenvalue weighted by atomic mass is 19.2. The Morgan fingerprint density at radius 2 is 0.731 bits per heavy atom. The van der Waals surface area contributed by atoms with Crippen LogP contribution in [0.3, 0.4) is 0 Å². The fraction of sp³-hybridized carbons (Fsp3) is 0.0488. The van der Waals surface area contributed by atoms with Gasteiger partial charge in [0.05, 0.1) is 56.0 Å². The summed E-state index contributed by atoms with van der Waals surface area (Å²) in [6, 6.07) is 4.17. The lowest BCUT2D eigenvalue weighted by Gasteiger charge is -2.13. The second-order valence-corrected chi connectivity index (χ2v) is 14.0. The number of fused-ring (bicyclic) bond motifs is 20. The van der Waals surface area contributed by atoms with E-state index >= 15 is 39.5 Å². The van der Waals surface area contributed by atoms with Gasteiger partial charge >= 0.3 is 5.97 Å². The number of carbonyl (C=O) groups is 1. The van der Waals surface area contributed by atoms with E-state index in [-0.39, 0.29) is 12.2 Å². The molecule has 3 aromatic heterocycles. The number of ether oxygens (including phenoxy) is 2. The van der Waals surface area contributed by atoms with Crippen molar-refractivity contribution in [3.8, 4) is 57.1 Å². The second kappa shape index (κ2) is 14.9. The summed E-state index contributed by atoms with van der Waals surface area (Å²) in [5.74, 6) is -43.5. The van der Waals surface area contributed by atoms with Crippen LogP contribution in [-0.4, -0.2) is 52.4 Å². The Morgan fingerprint density at radius 1 is 0.418 bits per heavy atom. The third-order valence-corrected chi connectivity index (χ3v) is 10.3. The molecular weight excluding hydrogens is 937 g/mol. The van der Waals surface area contributed by atoms with Crippen molar-refractivity contribution in [3.63, 3.8) is 0 Å². The topological polar surface area (TPSA) is 144 Å². The normalized spacial score (nSPS) is 12.0. The van der Waals surface area contributed by atoms with Gasteiger partial charge in [0, 0.05) is 0 Å². The molecule has 0 fully saturated rings. The third kappa shape index (κ3) is 6.00. The fourth-order valence-corrected chi connectivity index (χ4v) is 7.33. The predicted octanol–water partition coefficient (Wildman–Crippen LogP) is 10.9. The van der Waals surface area contributed by atoms with Crippen molar-refractivity contribution in [2.75, 3.05) is 6.61 Å². The van der Waals surface area contributed by atoms with E-state index in [1.54, 1.807) is 0 Å². The maximum absolute atomic E-state index is 16.2. The summed E-state index contributed by atoms with van der Waals surface area (Å²) >= 11 is 0. The molecule has 67 heavy (non-hydrogen) atoms. The lowest BCUT2D eigenvalue weighted by molar-refractivity contribution is 0.0526.